The Hall–Kier alpha value is -1.10. The summed E-state index contributed by atoms with van der Waals surface area (Å²) in [4.78, 5) is 25.4. The normalized spacial score (nSPS) is 29.3. The average Bonchev–Trinajstić information content (AvgIpc) is 2.91. The SMILES string of the molecule is O=C(CC1CC1)NC1CC(=O)N(C2CNC2)C1. The van der Waals surface area contributed by atoms with Gasteiger partial charge in [-0.25, -0.2) is 0 Å². The van der Waals surface area contributed by atoms with Crippen LogP contribution in [0.25, 0.3) is 0 Å². The number of likely N-dealkylation sites (tertiary alicyclic amines) is 1. The highest BCUT2D eigenvalue weighted by molar-refractivity contribution is 5.82. The molecule has 0 aromatic heterocycles. The maximum atomic E-state index is 11.8. The Morgan fingerprint density at radius 1 is 1.41 bits per heavy atom. The molecule has 5 heteroatoms. The zero-order valence-corrected chi connectivity index (χ0v) is 9.95. The van der Waals surface area contributed by atoms with Gasteiger partial charge in [0.2, 0.25) is 11.8 Å². The second kappa shape index (κ2) is 4.29. The van der Waals surface area contributed by atoms with Crippen LogP contribution in [0, 0.1) is 5.92 Å². The highest BCUT2D eigenvalue weighted by atomic mass is 16.2. The number of rotatable bonds is 4. The van der Waals surface area contributed by atoms with Gasteiger partial charge in [0, 0.05) is 32.5 Å². The fraction of sp³-hybridized carbons (Fsp3) is 0.833. The molecule has 2 N–H and O–H groups in total. The molecule has 2 heterocycles. The molecule has 1 saturated carbocycles. The molecule has 1 atom stereocenters. The van der Waals surface area contributed by atoms with Gasteiger partial charge in [-0.1, -0.05) is 0 Å². The quantitative estimate of drug-likeness (QED) is 0.691. The van der Waals surface area contributed by atoms with Gasteiger partial charge in [-0.3, -0.25) is 9.59 Å². The Morgan fingerprint density at radius 3 is 2.76 bits per heavy atom. The Kier molecular flexibility index (Phi) is 2.78. The summed E-state index contributed by atoms with van der Waals surface area (Å²) >= 11 is 0. The van der Waals surface area contributed by atoms with Gasteiger partial charge in [0.25, 0.3) is 0 Å². The van der Waals surface area contributed by atoms with Gasteiger partial charge in [0.15, 0.2) is 0 Å². The van der Waals surface area contributed by atoms with E-state index in [0.717, 1.165) is 13.1 Å². The molecule has 5 nitrogen and oxygen atoms in total. The van der Waals surface area contributed by atoms with Gasteiger partial charge in [0.05, 0.1) is 12.1 Å². The first-order chi connectivity index (χ1) is 8.22. The monoisotopic (exact) mass is 237 g/mol. The number of hydrogen-bond acceptors (Lipinski definition) is 3. The fourth-order valence-corrected chi connectivity index (χ4v) is 2.55. The highest BCUT2D eigenvalue weighted by Crippen LogP contribution is 2.32. The lowest BCUT2D eigenvalue weighted by molar-refractivity contribution is -0.130. The number of carbonyl (C=O) groups is 2. The van der Waals surface area contributed by atoms with Crippen LogP contribution < -0.4 is 10.6 Å². The first-order valence-electron chi connectivity index (χ1n) is 6.52. The van der Waals surface area contributed by atoms with Crippen LogP contribution in [0.15, 0.2) is 0 Å². The minimum Gasteiger partial charge on any atom is -0.351 e. The Labute approximate surface area is 101 Å². The molecular weight excluding hydrogens is 218 g/mol. The van der Waals surface area contributed by atoms with Crippen molar-refractivity contribution in [2.45, 2.75) is 37.8 Å². The van der Waals surface area contributed by atoms with Crippen LogP contribution in [-0.4, -0.2) is 48.4 Å². The van der Waals surface area contributed by atoms with Crippen LogP contribution in [0.1, 0.15) is 25.7 Å². The third-order valence-electron chi connectivity index (χ3n) is 3.90. The molecule has 2 saturated heterocycles. The molecule has 3 rings (SSSR count). The maximum Gasteiger partial charge on any atom is 0.225 e. The molecule has 1 aliphatic carbocycles. The van der Waals surface area contributed by atoms with E-state index in [1.54, 1.807) is 0 Å². The van der Waals surface area contributed by atoms with Crippen molar-refractivity contribution in [1.82, 2.24) is 15.5 Å². The summed E-state index contributed by atoms with van der Waals surface area (Å²) in [6, 6.07) is 0.391. The fourth-order valence-electron chi connectivity index (χ4n) is 2.55. The number of nitrogens with zero attached hydrogens (tertiary/aromatic N) is 1. The standard InChI is InChI=1S/C12H19N3O2/c16-11(3-8-1-2-8)14-9-4-12(17)15(7-9)10-5-13-6-10/h8-10,13H,1-7H2,(H,14,16). The van der Waals surface area contributed by atoms with Gasteiger partial charge in [0.1, 0.15) is 0 Å². The predicted octanol–water partition coefficient (Wildman–Crippen LogP) is -0.525. The van der Waals surface area contributed by atoms with E-state index >= 15 is 0 Å². The van der Waals surface area contributed by atoms with E-state index in [0.29, 0.717) is 31.3 Å². The van der Waals surface area contributed by atoms with E-state index in [9.17, 15) is 9.59 Å². The second-order valence-electron chi connectivity index (χ2n) is 5.47. The smallest absolute Gasteiger partial charge is 0.225 e. The lowest BCUT2D eigenvalue weighted by Gasteiger charge is -2.35. The summed E-state index contributed by atoms with van der Waals surface area (Å²) in [5, 5.41) is 6.16. The Morgan fingerprint density at radius 2 is 2.18 bits per heavy atom. The van der Waals surface area contributed by atoms with Crippen molar-refractivity contribution in [3.63, 3.8) is 0 Å². The average molecular weight is 237 g/mol. The molecule has 0 aromatic carbocycles. The third-order valence-corrected chi connectivity index (χ3v) is 3.90. The van der Waals surface area contributed by atoms with Crippen molar-refractivity contribution in [2.75, 3.05) is 19.6 Å². The molecule has 17 heavy (non-hydrogen) atoms. The zero-order valence-electron chi connectivity index (χ0n) is 9.95. The van der Waals surface area contributed by atoms with Crippen molar-refractivity contribution in [3.8, 4) is 0 Å². The molecule has 0 spiro atoms. The van der Waals surface area contributed by atoms with E-state index in [1.165, 1.54) is 12.8 Å². The minimum absolute atomic E-state index is 0.0364. The van der Waals surface area contributed by atoms with Crippen molar-refractivity contribution in [2.24, 2.45) is 5.92 Å². The largest absolute Gasteiger partial charge is 0.351 e. The van der Waals surface area contributed by atoms with E-state index in [4.69, 9.17) is 0 Å². The lowest BCUT2D eigenvalue weighted by atomic mass is 10.1. The van der Waals surface area contributed by atoms with Crippen molar-refractivity contribution in [3.05, 3.63) is 0 Å². The first-order valence-corrected chi connectivity index (χ1v) is 6.52. The van der Waals surface area contributed by atoms with Gasteiger partial charge in [-0.2, -0.15) is 0 Å². The van der Waals surface area contributed by atoms with Crippen LogP contribution in [0.4, 0.5) is 0 Å². The molecule has 0 radical (unpaired) electrons. The van der Waals surface area contributed by atoms with Gasteiger partial charge >= 0.3 is 0 Å². The molecule has 3 fully saturated rings. The summed E-state index contributed by atoms with van der Waals surface area (Å²) < 4.78 is 0. The summed E-state index contributed by atoms with van der Waals surface area (Å²) in [6.07, 6.45) is 3.51. The molecule has 94 valence electrons. The summed E-state index contributed by atoms with van der Waals surface area (Å²) in [7, 11) is 0. The summed E-state index contributed by atoms with van der Waals surface area (Å²) in [5.41, 5.74) is 0. The number of amides is 2. The Bertz CT molecular complexity index is 337. The molecule has 0 aromatic rings. The summed E-state index contributed by atoms with van der Waals surface area (Å²) in [5.74, 6) is 0.922. The van der Waals surface area contributed by atoms with E-state index in [1.807, 2.05) is 4.90 Å². The van der Waals surface area contributed by atoms with Crippen molar-refractivity contribution >= 4 is 11.8 Å². The lowest BCUT2D eigenvalue weighted by Crippen LogP contribution is -2.58. The zero-order chi connectivity index (χ0) is 11.8. The number of hydrogen-bond donors (Lipinski definition) is 2. The van der Waals surface area contributed by atoms with Gasteiger partial charge in [-0.15, -0.1) is 0 Å². The number of nitrogens with one attached hydrogen (secondary N) is 2. The topological polar surface area (TPSA) is 61.4 Å². The van der Waals surface area contributed by atoms with Gasteiger partial charge in [-0.05, 0) is 18.8 Å². The van der Waals surface area contributed by atoms with Crippen LogP contribution in [0.5, 0.6) is 0 Å². The molecule has 3 aliphatic rings. The van der Waals surface area contributed by atoms with E-state index < -0.39 is 0 Å². The minimum atomic E-state index is 0.0364. The van der Waals surface area contributed by atoms with E-state index in [-0.39, 0.29) is 17.9 Å². The van der Waals surface area contributed by atoms with Crippen LogP contribution >= 0.6 is 0 Å². The second-order valence-corrected chi connectivity index (χ2v) is 5.47. The summed E-state index contributed by atoms with van der Waals surface area (Å²) in [6.45, 7) is 2.49. The van der Waals surface area contributed by atoms with Crippen molar-refractivity contribution in [1.29, 1.82) is 0 Å². The first kappa shape index (κ1) is 11.0. The molecule has 1 unspecified atom stereocenters. The number of carbonyl (C=O) groups excluding carboxylic acids is 2. The molecule has 2 aliphatic heterocycles. The molecular formula is C12H19N3O2. The highest BCUT2D eigenvalue weighted by Gasteiger charge is 2.37. The maximum absolute atomic E-state index is 11.8. The Balaban J connectivity index is 1.48. The van der Waals surface area contributed by atoms with Crippen LogP contribution in [-0.2, 0) is 9.59 Å². The van der Waals surface area contributed by atoms with Crippen LogP contribution in [0.2, 0.25) is 0 Å². The predicted molar refractivity (Wildman–Crippen MR) is 62.3 cm³/mol. The van der Waals surface area contributed by atoms with Crippen LogP contribution in [0.3, 0.4) is 0 Å². The third kappa shape index (κ3) is 2.44. The van der Waals surface area contributed by atoms with Gasteiger partial charge < -0.3 is 15.5 Å². The molecule has 2 amide bonds. The van der Waals surface area contributed by atoms with E-state index in [2.05, 4.69) is 10.6 Å². The molecule has 0 bridgehead atoms. The van der Waals surface area contributed by atoms with Crippen molar-refractivity contribution < 1.29 is 9.59 Å².